The number of rotatable bonds is 4. The lowest BCUT2D eigenvalue weighted by atomic mass is 9.66. The summed E-state index contributed by atoms with van der Waals surface area (Å²) in [5.74, 6) is 0. The van der Waals surface area contributed by atoms with Crippen LogP contribution in [0, 0.1) is 5.41 Å². The van der Waals surface area contributed by atoms with E-state index in [1.165, 1.54) is 5.56 Å². The highest BCUT2D eigenvalue weighted by molar-refractivity contribution is 5.44. The van der Waals surface area contributed by atoms with Gasteiger partial charge in [-0.15, -0.1) is 0 Å². The van der Waals surface area contributed by atoms with Crippen molar-refractivity contribution in [3.63, 3.8) is 0 Å². The third kappa shape index (κ3) is 3.19. The Morgan fingerprint density at radius 3 is 1.91 bits per heavy atom. The number of benzene rings is 2. The summed E-state index contributed by atoms with van der Waals surface area (Å²) < 4.78 is 0. The average Bonchev–Trinajstić information content (AvgIpc) is 2.53. The van der Waals surface area contributed by atoms with Gasteiger partial charge >= 0.3 is 0 Å². The lowest BCUT2D eigenvalue weighted by molar-refractivity contribution is -0.0273. The Hall–Kier alpha value is -1.64. The molecule has 0 amide bonds. The Morgan fingerprint density at radius 2 is 1.39 bits per heavy atom. The molecule has 0 unspecified atom stereocenters. The fraction of sp³-hybridized carbons (Fsp3) is 0.429. The van der Waals surface area contributed by atoms with Gasteiger partial charge in [0.05, 0.1) is 0 Å². The van der Waals surface area contributed by atoms with Crippen LogP contribution in [0.1, 0.15) is 50.4 Å². The van der Waals surface area contributed by atoms with Gasteiger partial charge in [-0.1, -0.05) is 75.4 Å². The van der Waals surface area contributed by atoms with Crippen LogP contribution in [0.2, 0.25) is 0 Å². The summed E-state index contributed by atoms with van der Waals surface area (Å²) in [6.45, 7) is 8.46. The highest BCUT2D eigenvalue weighted by atomic mass is 16.3. The van der Waals surface area contributed by atoms with Crippen molar-refractivity contribution in [1.82, 2.24) is 4.90 Å². The molecule has 2 heteroatoms. The molecule has 0 saturated carbocycles. The van der Waals surface area contributed by atoms with E-state index in [1.54, 1.807) is 0 Å². The van der Waals surface area contributed by atoms with Crippen LogP contribution < -0.4 is 0 Å². The van der Waals surface area contributed by atoms with Crippen molar-refractivity contribution >= 4 is 0 Å². The number of aliphatic hydroxyl groups is 1. The zero-order valence-corrected chi connectivity index (χ0v) is 15.2. The van der Waals surface area contributed by atoms with Crippen molar-refractivity contribution in [2.24, 2.45) is 5.41 Å². The summed E-state index contributed by atoms with van der Waals surface area (Å²) >= 11 is 0. The van der Waals surface area contributed by atoms with Crippen molar-refractivity contribution in [3.05, 3.63) is 71.3 Å². The lowest BCUT2D eigenvalue weighted by Crippen LogP contribution is -2.42. The van der Waals surface area contributed by atoms with E-state index < -0.39 is 5.60 Å². The Balaban J connectivity index is 2.73. The molecule has 2 nitrogen and oxygen atoms in total. The molecule has 23 heavy (non-hydrogen) atoms. The number of hydrogen-bond acceptors (Lipinski definition) is 2. The minimum absolute atomic E-state index is 0.226. The summed E-state index contributed by atoms with van der Waals surface area (Å²) in [6.07, 6.45) is 0. The van der Waals surface area contributed by atoms with Crippen LogP contribution in [0.15, 0.2) is 54.6 Å². The molecule has 0 heterocycles. The molecule has 124 valence electrons. The predicted octanol–water partition coefficient (Wildman–Crippen LogP) is 4.59. The smallest absolute Gasteiger partial charge is 0.120 e. The van der Waals surface area contributed by atoms with Crippen LogP contribution >= 0.6 is 0 Å². The molecule has 0 bridgehead atoms. The van der Waals surface area contributed by atoms with Crippen molar-refractivity contribution in [2.75, 3.05) is 14.1 Å². The normalized spacial score (nSPS) is 16.2. The predicted molar refractivity (Wildman–Crippen MR) is 97.4 cm³/mol. The zero-order chi connectivity index (χ0) is 17.3. The van der Waals surface area contributed by atoms with Crippen LogP contribution in [0.3, 0.4) is 0 Å². The van der Waals surface area contributed by atoms with E-state index in [0.29, 0.717) is 0 Å². The molecule has 2 rings (SSSR count). The van der Waals surface area contributed by atoms with Gasteiger partial charge in [-0.2, -0.15) is 0 Å². The zero-order valence-electron chi connectivity index (χ0n) is 15.2. The first-order valence-electron chi connectivity index (χ1n) is 8.23. The van der Waals surface area contributed by atoms with Gasteiger partial charge in [0.2, 0.25) is 0 Å². The van der Waals surface area contributed by atoms with Gasteiger partial charge in [-0.05, 0) is 43.1 Å². The largest absolute Gasteiger partial charge is 0.380 e. The molecular formula is C21H29NO. The molecule has 2 aromatic rings. The van der Waals surface area contributed by atoms with Crippen molar-refractivity contribution in [1.29, 1.82) is 0 Å². The van der Waals surface area contributed by atoms with Crippen molar-refractivity contribution in [3.8, 4) is 0 Å². The summed E-state index contributed by atoms with van der Waals surface area (Å²) in [6, 6.07) is 18.5. The lowest BCUT2D eigenvalue weighted by Gasteiger charge is -2.43. The molecule has 1 N–H and O–H groups in total. The molecular weight excluding hydrogens is 282 g/mol. The first-order chi connectivity index (χ1) is 10.7. The molecule has 0 aliphatic rings. The summed E-state index contributed by atoms with van der Waals surface area (Å²) in [7, 11) is 4.14. The molecule has 2 aromatic carbocycles. The fourth-order valence-corrected chi connectivity index (χ4v) is 3.14. The van der Waals surface area contributed by atoms with E-state index in [2.05, 4.69) is 58.8 Å². The molecule has 0 aromatic heterocycles. The van der Waals surface area contributed by atoms with Crippen LogP contribution in [-0.4, -0.2) is 24.1 Å². The molecule has 0 spiro atoms. The Labute approximate surface area is 140 Å². The third-order valence-electron chi connectivity index (χ3n) is 4.85. The molecule has 0 fully saturated rings. The van der Waals surface area contributed by atoms with Gasteiger partial charge in [0.15, 0.2) is 0 Å². The van der Waals surface area contributed by atoms with E-state index in [4.69, 9.17) is 0 Å². The SMILES string of the molecule is C[C@H](c1ccccc1[C@](O)(c1ccccc1)C(C)(C)C)N(C)C. The molecule has 0 saturated heterocycles. The summed E-state index contributed by atoms with van der Waals surface area (Å²) in [4.78, 5) is 2.17. The van der Waals surface area contributed by atoms with Gasteiger partial charge in [-0.25, -0.2) is 0 Å². The molecule has 0 aliphatic heterocycles. The highest BCUT2D eigenvalue weighted by Gasteiger charge is 2.44. The second-order valence-corrected chi connectivity index (χ2v) is 7.55. The van der Waals surface area contributed by atoms with Crippen LogP contribution in [0.5, 0.6) is 0 Å². The van der Waals surface area contributed by atoms with Gasteiger partial charge in [0.1, 0.15) is 5.60 Å². The van der Waals surface area contributed by atoms with Gasteiger partial charge in [-0.3, -0.25) is 0 Å². The average molecular weight is 311 g/mol. The monoisotopic (exact) mass is 311 g/mol. The first-order valence-corrected chi connectivity index (χ1v) is 8.23. The van der Waals surface area contributed by atoms with Gasteiger partial charge < -0.3 is 10.0 Å². The fourth-order valence-electron chi connectivity index (χ4n) is 3.14. The number of nitrogens with zero attached hydrogens (tertiary/aromatic N) is 1. The minimum atomic E-state index is -1.05. The molecule has 2 atom stereocenters. The van der Waals surface area contributed by atoms with Crippen molar-refractivity contribution in [2.45, 2.75) is 39.3 Å². The highest BCUT2D eigenvalue weighted by Crippen LogP contribution is 2.47. The van der Waals surface area contributed by atoms with Crippen molar-refractivity contribution < 1.29 is 5.11 Å². The van der Waals surface area contributed by atoms with Gasteiger partial charge in [0, 0.05) is 6.04 Å². The number of hydrogen-bond donors (Lipinski definition) is 1. The Kier molecular flexibility index (Phi) is 4.98. The minimum Gasteiger partial charge on any atom is -0.380 e. The maximum atomic E-state index is 11.9. The van der Waals surface area contributed by atoms with E-state index in [1.807, 2.05) is 42.5 Å². The van der Waals surface area contributed by atoms with E-state index in [9.17, 15) is 5.11 Å². The third-order valence-corrected chi connectivity index (χ3v) is 4.85. The Morgan fingerprint density at radius 1 is 0.870 bits per heavy atom. The maximum Gasteiger partial charge on any atom is 0.120 e. The summed E-state index contributed by atoms with van der Waals surface area (Å²) in [5, 5.41) is 11.9. The van der Waals surface area contributed by atoms with E-state index >= 15 is 0 Å². The molecule has 0 aliphatic carbocycles. The summed E-state index contributed by atoms with van der Waals surface area (Å²) in [5.41, 5.74) is 1.70. The van der Waals surface area contributed by atoms with Gasteiger partial charge in [0.25, 0.3) is 0 Å². The maximum absolute atomic E-state index is 11.9. The second-order valence-electron chi connectivity index (χ2n) is 7.55. The molecule has 0 radical (unpaired) electrons. The Bertz CT molecular complexity index is 642. The van der Waals surface area contributed by atoms with Crippen LogP contribution in [-0.2, 0) is 5.60 Å². The standard InChI is InChI=1S/C21H29NO/c1-16(22(5)6)18-14-10-11-15-19(18)21(23,20(2,3)4)17-12-8-7-9-13-17/h7-16,23H,1-6H3/t16-,21-/m1/s1. The quantitative estimate of drug-likeness (QED) is 0.892. The first kappa shape index (κ1) is 17.7. The van der Waals surface area contributed by atoms with Crippen LogP contribution in [0.25, 0.3) is 0 Å². The topological polar surface area (TPSA) is 23.5 Å². The van der Waals surface area contributed by atoms with Crippen LogP contribution in [0.4, 0.5) is 0 Å². The van der Waals surface area contributed by atoms with E-state index in [0.717, 1.165) is 11.1 Å². The van der Waals surface area contributed by atoms with E-state index in [-0.39, 0.29) is 11.5 Å². The second kappa shape index (κ2) is 6.46.